The second-order valence-electron chi connectivity index (χ2n) is 7.39. The zero-order valence-corrected chi connectivity index (χ0v) is 17.6. The SMILES string of the molecule is COc1ccccc1-c1ccc(C(C)NCCC(C)OCc2ccccc2)cc1. The van der Waals surface area contributed by atoms with E-state index < -0.39 is 0 Å². The van der Waals surface area contributed by atoms with Crippen LogP contribution in [0, 0.1) is 0 Å². The summed E-state index contributed by atoms with van der Waals surface area (Å²) in [5, 5.41) is 3.61. The lowest BCUT2D eigenvalue weighted by molar-refractivity contribution is 0.0474. The van der Waals surface area contributed by atoms with Crippen molar-refractivity contribution in [2.45, 2.75) is 39.0 Å². The van der Waals surface area contributed by atoms with Crippen molar-refractivity contribution in [2.75, 3.05) is 13.7 Å². The van der Waals surface area contributed by atoms with Gasteiger partial charge in [0.15, 0.2) is 0 Å². The Bertz CT molecular complexity index is 861. The maximum absolute atomic E-state index is 5.95. The smallest absolute Gasteiger partial charge is 0.126 e. The van der Waals surface area contributed by atoms with Crippen molar-refractivity contribution >= 4 is 0 Å². The Balaban J connectivity index is 1.46. The number of hydrogen-bond acceptors (Lipinski definition) is 3. The first-order valence-corrected chi connectivity index (χ1v) is 10.3. The average Bonchev–Trinajstić information content (AvgIpc) is 2.78. The van der Waals surface area contributed by atoms with Gasteiger partial charge in [0.05, 0.1) is 19.8 Å². The minimum atomic E-state index is 0.225. The fourth-order valence-electron chi connectivity index (χ4n) is 3.35. The van der Waals surface area contributed by atoms with Crippen LogP contribution in [0.3, 0.4) is 0 Å². The van der Waals surface area contributed by atoms with Gasteiger partial charge in [0.25, 0.3) is 0 Å². The zero-order valence-electron chi connectivity index (χ0n) is 17.6. The van der Waals surface area contributed by atoms with E-state index in [1.54, 1.807) is 7.11 Å². The molecule has 3 aromatic carbocycles. The molecular weight excluding hydrogens is 358 g/mol. The van der Waals surface area contributed by atoms with E-state index in [1.165, 1.54) is 16.7 Å². The molecule has 0 heterocycles. The molecule has 29 heavy (non-hydrogen) atoms. The summed E-state index contributed by atoms with van der Waals surface area (Å²) in [7, 11) is 1.71. The normalized spacial score (nSPS) is 13.1. The highest BCUT2D eigenvalue weighted by molar-refractivity contribution is 5.70. The van der Waals surface area contributed by atoms with Crippen molar-refractivity contribution in [2.24, 2.45) is 0 Å². The summed E-state index contributed by atoms with van der Waals surface area (Å²) in [6.45, 7) is 5.93. The maximum Gasteiger partial charge on any atom is 0.126 e. The van der Waals surface area contributed by atoms with Gasteiger partial charge in [-0.05, 0) is 49.6 Å². The molecule has 2 atom stereocenters. The summed E-state index contributed by atoms with van der Waals surface area (Å²) in [5.41, 5.74) is 4.78. The molecule has 0 bridgehead atoms. The van der Waals surface area contributed by atoms with E-state index in [9.17, 15) is 0 Å². The number of rotatable bonds is 10. The number of para-hydroxylation sites is 1. The number of benzene rings is 3. The summed E-state index contributed by atoms with van der Waals surface area (Å²) in [5.74, 6) is 0.899. The van der Waals surface area contributed by atoms with Gasteiger partial charge in [-0.15, -0.1) is 0 Å². The highest BCUT2D eigenvalue weighted by Gasteiger charge is 2.09. The Morgan fingerprint density at radius 1 is 0.828 bits per heavy atom. The summed E-state index contributed by atoms with van der Waals surface area (Å²) >= 11 is 0. The van der Waals surface area contributed by atoms with Gasteiger partial charge >= 0.3 is 0 Å². The van der Waals surface area contributed by atoms with Crippen LogP contribution in [-0.2, 0) is 11.3 Å². The van der Waals surface area contributed by atoms with Gasteiger partial charge in [0, 0.05) is 11.6 Å². The first-order chi connectivity index (χ1) is 14.2. The van der Waals surface area contributed by atoms with Crippen LogP contribution in [-0.4, -0.2) is 19.8 Å². The quantitative estimate of drug-likeness (QED) is 0.461. The Labute approximate surface area is 174 Å². The fourth-order valence-corrected chi connectivity index (χ4v) is 3.35. The number of methoxy groups -OCH3 is 1. The molecule has 1 N–H and O–H groups in total. The first kappa shape index (κ1) is 21.1. The van der Waals surface area contributed by atoms with E-state index in [0.717, 1.165) is 24.3 Å². The van der Waals surface area contributed by atoms with Crippen LogP contribution in [0.25, 0.3) is 11.1 Å². The Kier molecular flexibility index (Phi) is 7.85. The lowest BCUT2D eigenvalue weighted by Crippen LogP contribution is -2.23. The lowest BCUT2D eigenvalue weighted by Gasteiger charge is -2.18. The lowest BCUT2D eigenvalue weighted by atomic mass is 10.0. The van der Waals surface area contributed by atoms with Gasteiger partial charge in [0.1, 0.15) is 5.75 Å². The van der Waals surface area contributed by atoms with Gasteiger partial charge in [-0.25, -0.2) is 0 Å². The predicted molar refractivity (Wildman–Crippen MR) is 120 cm³/mol. The second kappa shape index (κ2) is 10.8. The molecule has 0 spiro atoms. The van der Waals surface area contributed by atoms with Crippen LogP contribution < -0.4 is 10.1 Å². The monoisotopic (exact) mass is 389 g/mol. The Morgan fingerprint density at radius 3 is 2.24 bits per heavy atom. The Hall–Kier alpha value is -2.62. The largest absolute Gasteiger partial charge is 0.496 e. The summed E-state index contributed by atoms with van der Waals surface area (Å²) in [4.78, 5) is 0. The minimum Gasteiger partial charge on any atom is -0.496 e. The van der Waals surface area contributed by atoms with Gasteiger partial charge in [0.2, 0.25) is 0 Å². The van der Waals surface area contributed by atoms with E-state index in [0.29, 0.717) is 12.6 Å². The molecule has 3 rings (SSSR count). The van der Waals surface area contributed by atoms with E-state index in [2.05, 4.69) is 61.6 Å². The molecule has 3 heteroatoms. The van der Waals surface area contributed by atoms with Crippen molar-refractivity contribution in [3.8, 4) is 16.9 Å². The van der Waals surface area contributed by atoms with Crippen molar-refractivity contribution in [1.29, 1.82) is 0 Å². The molecule has 2 unspecified atom stereocenters. The third-order valence-electron chi connectivity index (χ3n) is 5.21. The highest BCUT2D eigenvalue weighted by Crippen LogP contribution is 2.30. The van der Waals surface area contributed by atoms with Gasteiger partial charge in [-0.3, -0.25) is 0 Å². The van der Waals surface area contributed by atoms with E-state index >= 15 is 0 Å². The van der Waals surface area contributed by atoms with Crippen LogP contribution in [0.1, 0.15) is 37.4 Å². The molecule has 0 aromatic heterocycles. The standard InChI is InChI=1S/C26H31NO2/c1-20(29-19-22-9-5-4-6-10-22)17-18-27-21(2)23-13-15-24(16-14-23)25-11-7-8-12-26(25)28-3/h4-16,20-21,27H,17-19H2,1-3H3. The van der Waals surface area contributed by atoms with E-state index in [-0.39, 0.29) is 6.10 Å². The molecule has 3 aromatic rings. The van der Waals surface area contributed by atoms with Crippen LogP contribution in [0.2, 0.25) is 0 Å². The second-order valence-corrected chi connectivity index (χ2v) is 7.39. The molecule has 0 fully saturated rings. The molecule has 0 saturated heterocycles. The molecule has 0 saturated carbocycles. The highest BCUT2D eigenvalue weighted by atomic mass is 16.5. The number of hydrogen-bond donors (Lipinski definition) is 1. The predicted octanol–water partition coefficient (Wildman–Crippen LogP) is 6.01. The summed E-state index contributed by atoms with van der Waals surface area (Å²) in [6, 6.07) is 27.4. The van der Waals surface area contributed by atoms with Crippen molar-refractivity contribution in [1.82, 2.24) is 5.32 Å². The average molecular weight is 390 g/mol. The third kappa shape index (κ3) is 6.18. The van der Waals surface area contributed by atoms with Crippen LogP contribution >= 0.6 is 0 Å². The molecule has 0 aliphatic rings. The van der Waals surface area contributed by atoms with Crippen molar-refractivity contribution in [3.05, 3.63) is 90.0 Å². The zero-order chi connectivity index (χ0) is 20.5. The molecular formula is C26H31NO2. The number of nitrogens with one attached hydrogen (secondary N) is 1. The minimum absolute atomic E-state index is 0.225. The van der Waals surface area contributed by atoms with E-state index in [1.807, 2.05) is 36.4 Å². The van der Waals surface area contributed by atoms with Crippen LogP contribution in [0.15, 0.2) is 78.9 Å². The summed E-state index contributed by atoms with van der Waals surface area (Å²) in [6.07, 6.45) is 1.21. The Morgan fingerprint density at radius 2 is 1.52 bits per heavy atom. The van der Waals surface area contributed by atoms with E-state index in [4.69, 9.17) is 9.47 Å². The molecule has 3 nitrogen and oxygen atoms in total. The molecule has 0 radical (unpaired) electrons. The topological polar surface area (TPSA) is 30.5 Å². The van der Waals surface area contributed by atoms with Gasteiger partial charge in [-0.2, -0.15) is 0 Å². The molecule has 152 valence electrons. The van der Waals surface area contributed by atoms with Gasteiger partial charge < -0.3 is 14.8 Å². The van der Waals surface area contributed by atoms with Crippen LogP contribution in [0.5, 0.6) is 5.75 Å². The molecule has 0 aliphatic heterocycles. The van der Waals surface area contributed by atoms with Gasteiger partial charge in [-0.1, -0.05) is 72.8 Å². The third-order valence-corrected chi connectivity index (χ3v) is 5.21. The maximum atomic E-state index is 5.95. The fraction of sp³-hybridized carbons (Fsp3) is 0.308. The van der Waals surface area contributed by atoms with Crippen LogP contribution in [0.4, 0.5) is 0 Å². The first-order valence-electron chi connectivity index (χ1n) is 10.3. The summed E-state index contributed by atoms with van der Waals surface area (Å²) < 4.78 is 11.4. The van der Waals surface area contributed by atoms with Crippen molar-refractivity contribution < 1.29 is 9.47 Å². The number of ether oxygens (including phenoxy) is 2. The molecule has 0 amide bonds. The van der Waals surface area contributed by atoms with Crippen molar-refractivity contribution in [3.63, 3.8) is 0 Å². The molecule has 0 aliphatic carbocycles.